The van der Waals surface area contributed by atoms with Crippen LogP contribution in [0, 0.1) is 19.7 Å². The molecule has 10 heteroatoms. The number of methoxy groups -OCH3 is 1. The zero-order valence-electron chi connectivity index (χ0n) is 20.8. The Labute approximate surface area is 217 Å². The lowest BCUT2D eigenvalue weighted by molar-refractivity contribution is -0.122. The molecule has 1 heterocycles. The van der Waals surface area contributed by atoms with Crippen LogP contribution in [0.2, 0.25) is 0 Å². The minimum atomic E-state index is -0.941. The summed E-state index contributed by atoms with van der Waals surface area (Å²) in [5, 5.41) is 4.92. The third kappa shape index (κ3) is 5.54. The van der Waals surface area contributed by atoms with Crippen LogP contribution in [0.25, 0.3) is 6.08 Å². The summed E-state index contributed by atoms with van der Waals surface area (Å²) >= 11 is 0. The van der Waals surface area contributed by atoms with E-state index in [1.807, 2.05) is 26.0 Å². The second-order valence-electron chi connectivity index (χ2n) is 8.43. The van der Waals surface area contributed by atoms with Crippen LogP contribution in [-0.4, -0.2) is 37.5 Å². The highest BCUT2D eigenvalue weighted by molar-refractivity contribution is 6.39. The van der Waals surface area contributed by atoms with E-state index in [1.54, 1.807) is 12.1 Å². The first-order valence-corrected chi connectivity index (χ1v) is 11.5. The Morgan fingerprint density at radius 2 is 1.76 bits per heavy atom. The van der Waals surface area contributed by atoms with Crippen molar-refractivity contribution in [3.8, 4) is 11.5 Å². The first-order chi connectivity index (χ1) is 18.2. The van der Waals surface area contributed by atoms with Gasteiger partial charge in [0.1, 0.15) is 11.4 Å². The number of amides is 5. The van der Waals surface area contributed by atoms with Gasteiger partial charge >= 0.3 is 6.03 Å². The molecule has 0 bridgehead atoms. The summed E-state index contributed by atoms with van der Waals surface area (Å²) in [6, 6.07) is 14.0. The van der Waals surface area contributed by atoms with Crippen LogP contribution >= 0.6 is 0 Å². The number of benzene rings is 3. The van der Waals surface area contributed by atoms with Crippen LogP contribution in [-0.2, 0) is 14.4 Å². The van der Waals surface area contributed by atoms with Crippen LogP contribution in [0.4, 0.5) is 20.6 Å². The molecule has 0 unspecified atom stereocenters. The summed E-state index contributed by atoms with van der Waals surface area (Å²) < 4.78 is 24.3. The molecule has 4 rings (SSSR count). The van der Waals surface area contributed by atoms with Gasteiger partial charge in [-0.15, -0.1) is 0 Å². The number of halogens is 1. The molecule has 38 heavy (non-hydrogen) atoms. The average molecular weight is 518 g/mol. The molecule has 0 atom stereocenters. The van der Waals surface area contributed by atoms with E-state index in [4.69, 9.17) is 9.47 Å². The summed E-state index contributed by atoms with van der Waals surface area (Å²) in [5.41, 5.74) is 2.89. The van der Waals surface area contributed by atoms with Crippen molar-refractivity contribution < 1.29 is 33.0 Å². The van der Waals surface area contributed by atoms with Gasteiger partial charge in [-0.1, -0.05) is 18.2 Å². The van der Waals surface area contributed by atoms with Gasteiger partial charge in [-0.25, -0.2) is 14.1 Å². The van der Waals surface area contributed by atoms with Crippen molar-refractivity contribution in [3.63, 3.8) is 0 Å². The summed E-state index contributed by atoms with van der Waals surface area (Å²) in [5.74, 6) is -2.11. The van der Waals surface area contributed by atoms with E-state index in [2.05, 4.69) is 10.6 Å². The molecule has 0 spiro atoms. The first kappa shape index (κ1) is 26.1. The number of nitrogens with one attached hydrogen (secondary N) is 2. The predicted octanol–water partition coefficient (Wildman–Crippen LogP) is 4.14. The summed E-state index contributed by atoms with van der Waals surface area (Å²) in [7, 11) is 1.41. The Morgan fingerprint density at radius 3 is 2.47 bits per heavy atom. The molecule has 1 aliphatic rings. The Bertz CT molecular complexity index is 1470. The standard InChI is InChI=1S/C28H24FN3O6/c1-16-5-4-6-22(17(16)2)30-25(33)15-38-23-12-7-18(14-24(23)37-3)13-21-26(34)31-28(36)32(27(21)35)20-10-8-19(29)9-11-20/h4-14H,15H2,1-3H3,(H,30,33)(H,31,34,36)/b21-13+. The molecule has 194 valence electrons. The van der Waals surface area contributed by atoms with E-state index in [0.29, 0.717) is 11.3 Å². The zero-order chi connectivity index (χ0) is 27.4. The second kappa shape index (κ2) is 11.0. The number of carbonyl (C=O) groups excluding carboxylic acids is 4. The minimum Gasteiger partial charge on any atom is -0.493 e. The highest BCUT2D eigenvalue weighted by Gasteiger charge is 2.36. The largest absolute Gasteiger partial charge is 0.493 e. The Balaban J connectivity index is 1.51. The van der Waals surface area contributed by atoms with Crippen LogP contribution in [0.3, 0.4) is 0 Å². The third-order valence-electron chi connectivity index (χ3n) is 5.92. The summed E-state index contributed by atoms with van der Waals surface area (Å²) in [6.45, 7) is 3.58. The number of hydrogen-bond donors (Lipinski definition) is 2. The molecular formula is C28H24FN3O6. The Kier molecular flexibility index (Phi) is 7.52. The van der Waals surface area contributed by atoms with Crippen molar-refractivity contribution in [2.75, 3.05) is 23.9 Å². The number of anilines is 2. The fraction of sp³-hybridized carbons (Fsp3) is 0.143. The lowest BCUT2D eigenvalue weighted by Gasteiger charge is -2.26. The molecule has 3 aromatic carbocycles. The van der Waals surface area contributed by atoms with Gasteiger partial charge in [0.05, 0.1) is 12.8 Å². The highest BCUT2D eigenvalue weighted by Crippen LogP contribution is 2.30. The number of urea groups is 1. The minimum absolute atomic E-state index is 0.104. The number of nitrogens with zero attached hydrogens (tertiary/aromatic N) is 1. The van der Waals surface area contributed by atoms with Gasteiger partial charge in [-0.05, 0) is 79.1 Å². The Morgan fingerprint density at radius 1 is 1.03 bits per heavy atom. The normalized spacial score (nSPS) is 14.4. The number of ether oxygens (including phenoxy) is 2. The van der Waals surface area contributed by atoms with Gasteiger partial charge in [0.15, 0.2) is 18.1 Å². The predicted molar refractivity (Wildman–Crippen MR) is 138 cm³/mol. The van der Waals surface area contributed by atoms with Crippen LogP contribution < -0.4 is 25.0 Å². The maximum Gasteiger partial charge on any atom is 0.335 e. The van der Waals surface area contributed by atoms with Gasteiger partial charge < -0.3 is 14.8 Å². The van der Waals surface area contributed by atoms with Crippen LogP contribution in [0.1, 0.15) is 16.7 Å². The van der Waals surface area contributed by atoms with Crippen LogP contribution in [0.5, 0.6) is 11.5 Å². The number of imide groups is 2. The summed E-state index contributed by atoms with van der Waals surface area (Å²) in [4.78, 5) is 50.9. The van der Waals surface area contributed by atoms with Gasteiger partial charge in [-0.3, -0.25) is 19.7 Å². The molecule has 2 N–H and O–H groups in total. The molecule has 1 aliphatic heterocycles. The molecule has 0 saturated carbocycles. The van der Waals surface area contributed by atoms with Gasteiger partial charge in [0.2, 0.25) is 0 Å². The molecule has 5 amide bonds. The monoisotopic (exact) mass is 517 g/mol. The molecule has 0 aromatic heterocycles. The number of carbonyl (C=O) groups is 4. The molecule has 0 radical (unpaired) electrons. The van der Waals surface area contributed by atoms with E-state index in [-0.39, 0.29) is 35.3 Å². The third-order valence-corrected chi connectivity index (χ3v) is 5.92. The number of hydrogen-bond acceptors (Lipinski definition) is 6. The zero-order valence-corrected chi connectivity index (χ0v) is 20.8. The average Bonchev–Trinajstić information content (AvgIpc) is 2.89. The molecular weight excluding hydrogens is 493 g/mol. The summed E-state index contributed by atoms with van der Waals surface area (Å²) in [6.07, 6.45) is 1.29. The number of rotatable bonds is 7. The first-order valence-electron chi connectivity index (χ1n) is 11.5. The SMILES string of the molecule is COc1cc(/C=C2\C(=O)NC(=O)N(c3ccc(F)cc3)C2=O)ccc1OCC(=O)Nc1cccc(C)c1C. The molecule has 1 saturated heterocycles. The number of barbiturate groups is 1. The van der Waals surface area contributed by atoms with Crippen molar-refractivity contribution in [2.24, 2.45) is 0 Å². The molecule has 1 fully saturated rings. The van der Waals surface area contributed by atoms with Crippen molar-refractivity contribution in [3.05, 3.63) is 88.7 Å². The maximum atomic E-state index is 13.3. The molecule has 9 nitrogen and oxygen atoms in total. The second-order valence-corrected chi connectivity index (χ2v) is 8.43. The van der Waals surface area contributed by atoms with Crippen molar-refractivity contribution >= 4 is 41.2 Å². The fourth-order valence-corrected chi connectivity index (χ4v) is 3.76. The van der Waals surface area contributed by atoms with E-state index in [9.17, 15) is 23.6 Å². The van der Waals surface area contributed by atoms with E-state index in [0.717, 1.165) is 28.2 Å². The smallest absolute Gasteiger partial charge is 0.335 e. The quantitative estimate of drug-likeness (QED) is 0.360. The van der Waals surface area contributed by atoms with E-state index in [1.165, 1.54) is 37.5 Å². The van der Waals surface area contributed by atoms with E-state index < -0.39 is 23.7 Å². The fourth-order valence-electron chi connectivity index (χ4n) is 3.76. The number of aryl methyl sites for hydroxylation is 1. The van der Waals surface area contributed by atoms with Gasteiger partial charge in [0.25, 0.3) is 17.7 Å². The Hall–Kier alpha value is -4.99. The lowest BCUT2D eigenvalue weighted by atomic mass is 10.1. The van der Waals surface area contributed by atoms with E-state index >= 15 is 0 Å². The van der Waals surface area contributed by atoms with Crippen molar-refractivity contribution in [1.29, 1.82) is 0 Å². The lowest BCUT2D eigenvalue weighted by Crippen LogP contribution is -2.54. The van der Waals surface area contributed by atoms with Crippen molar-refractivity contribution in [2.45, 2.75) is 13.8 Å². The van der Waals surface area contributed by atoms with Gasteiger partial charge in [-0.2, -0.15) is 0 Å². The maximum absolute atomic E-state index is 13.3. The highest BCUT2D eigenvalue weighted by atomic mass is 19.1. The van der Waals surface area contributed by atoms with Gasteiger partial charge in [0, 0.05) is 5.69 Å². The molecule has 0 aliphatic carbocycles. The van der Waals surface area contributed by atoms with Crippen LogP contribution in [0.15, 0.2) is 66.2 Å². The molecule has 3 aromatic rings. The van der Waals surface area contributed by atoms with Crippen molar-refractivity contribution in [1.82, 2.24) is 5.32 Å². The topological polar surface area (TPSA) is 114 Å².